The topological polar surface area (TPSA) is 122 Å². The average molecular weight is 572 g/mol. The molecule has 1 heterocycles. The average Bonchev–Trinajstić information content (AvgIpc) is 3.48. The molecule has 2 N–H and O–H groups in total. The normalized spacial score (nSPS) is 15.1. The maximum atomic E-state index is 13.2. The minimum Gasteiger partial charge on any atom is -0.496 e. The SMILES string of the molecule is COc1ccc(S(=O)(=O)N[C@H](Cc2ccccc2)C(=O)NCc2ccc(S(=O)(=O)N3CCCC3)cc2)cc1C. The van der Waals surface area contributed by atoms with E-state index in [0.717, 1.165) is 18.4 Å². The lowest BCUT2D eigenvalue weighted by Gasteiger charge is -2.19. The van der Waals surface area contributed by atoms with Gasteiger partial charge in [0.25, 0.3) is 0 Å². The zero-order valence-corrected chi connectivity index (χ0v) is 23.6. The second kappa shape index (κ2) is 12.3. The molecule has 0 bridgehead atoms. The number of benzene rings is 3. The Morgan fingerprint density at radius 3 is 2.15 bits per heavy atom. The van der Waals surface area contributed by atoms with Crippen molar-refractivity contribution < 1.29 is 26.4 Å². The summed E-state index contributed by atoms with van der Waals surface area (Å²) in [7, 11) is -6.04. The van der Waals surface area contributed by atoms with Crippen LogP contribution in [0.3, 0.4) is 0 Å². The summed E-state index contributed by atoms with van der Waals surface area (Å²) in [5.41, 5.74) is 2.14. The van der Waals surface area contributed by atoms with Gasteiger partial charge in [-0.3, -0.25) is 4.79 Å². The van der Waals surface area contributed by atoms with Crippen molar-refractivity contribution in [1.82, 2.24) is 14.3 Å². The number of rotatable bonds is 11. The molecule has 3 aromatic rings. The lowest BCUT2D eigenvalue weighted by molar-refractivity contribution is -0.122. The molecule has 3 aromatic carbocycles. The monoisotopic (exact) mass is 571 g/mol. The van der Waals surface area contributed by atoms with Crippen LogP contribution in [0.15, 0.2) is 82.6 Å². The van der Waals surface area contributed by atoms with Crippen molar-refractivity contribution >= 4 is 26.0 Å². The molecule has 1 atom stereocenters. The van der Waals surface area contributed by atoms with Gasteiger partial charge in [-0.1, -0.05) is 42.5 Å². The summed E-state index contributed by atoms with van der Waals surface area (Å²) in [6.07, 6.45) is 1.86. The second-order valence-electron chi connectivity index (χ2n) is 9.47. The Labute approximate surface area is 230 Å². The molecule has 4 rings (SSSR count). The van der Waals surface area contributed by atoms with Crippen molar-refractivity contribution in [2.24, 2.45) is 0 Å². The highest BCUT2D eigenvalue weighted by atomic mass is 32.2. The molecular weight excluding hydrogens is 538 g/mol. The maximum Gasteiger partial charge on any atom is 0.243 e. The Morgan fingerprint density at radius 2 is 1.54 bits per heavy atom. The van der Waals surface area contributed by atoms with E-state index in [9.17, 15) is 21.6 Å². The van der Waals surface area contributed by atoms with Crippen LogP contribution in [-0.4, -0.2) is 53.3 Å². The van der Waals surface area contributed by atoms with Crippen molar-refractivity contribution in [3.8, 4) is 5.75 Å². The predicted octanol–water partition coefficient (Wildman–Crippen LogP) is 2.99. The van der Waals surface area contributed by atoms with Crippen molar-refractivity contribution in [3.05, 3.63) is 89.5 Å². The fourth-order valence-electron chi connectivity index (χ4n) is 4.48. The highest BCUT2D eigenvalue weighted by molar-refractivity contribution is 7.89. The summed E-state index contributed by atoms with van der Waals surface area (Å²) in [6.45, 7) is 2.90. The Morgan fingerprint density at radius 1 is 0.897 bits per heavy atom. The van der Waals surface area contributed by atoms with Gasteiger partial charge in [0.15, 0.2) is 0 Å². The molecule has 1 aliphatic rings. The zero-order valence-electron chi connectivity index (χ0n) is 22.0. The fraction of sp³-hybridized carbons (Fsp3) is 0.321. The molecule has 0 spiro atoms. The summed E-state index contributed by atoms with van der Waals surface area (Å²) in [5.74, 6) is 0.0632. The van der Waals surface area contributed by atoms with Gasteiger partial charge in [-0.15, -0.1) is 0 Å². The third kappa shape index (κ3) is 7.04. The number of carbonyl (C=O) groups excluding carboxylic acids is 1. The molecule has 1 amide bonds. The van der Waals surface area contributed by atoms with Gasteiger partial charge in [0.2, 0.25) is 26.0 Å². The van der Waals surface area contributed by atoms with Crippen LogP contribution < -0.4 is 14.8 Å². The molecule has 1 saturated heterocycles. The van der Waals surface area contributed by atoms with E-state index in [2.05, 4.69) is 10.0 Å². The number of methoxy groups -OCH3 is 1. The molecule has 0 saturated carbocycles. The van der Waals surface area contributed by atoms with Crippen LogP contribution in [0.2, 0.25) is 0 Å². The molecule has 0 unspecified atom stereocenters. The summed E-state index contributed by atoms with van der Waals surface area (Å²) in [4.78, 5) is 13.5. The first-order valence-corrected chi connectivity index (χ1v) is 15.6. The Kier molecular flexibility index (Phi) is 9.06. The van der Waals surface area contributed by atoms with E-state index in [1.807, 2.05) is 30.3 Å². The molecule has 9 nitrogen and oxygen atoms in total. The van der Waals surface area contributed by atoms with Crippen molar-refractivity contribution in [2.45, 2.75) is 48.6 Å². The molecule has 0 aliphatic carbocycles. The summed E-state index contributed by atoms with van der Waals surface area (Å²) in [5, 5.41) is 2.79. The van der Waals surface area contributed by atoms with E-state index in [1.165, 1.54) is 35.7 Å². The number of aryl methyl sites for hydroxylation is 1. The summed E-state index contributed by atoms with van der Waals surface area (Å²) in [6, 6.07) is 18.9. The number of sulfonamides is 2. The van der Waals surface area contributed by atoms with Crippen LogP contribution in [0, 0.1) is 6.92 Å². The van der Waals surface area contributed by atoms with Crippen LogP contribution in [-0.2, 0) is 37.8 Å². The first-order valence-electron chi connectivity index (χ1n) is 12.7. The lowest BCUT2D eigenvalue weighted by atomic mass is 10.1. The number of carbonyl (C=O) groups is 1. The first kappa shape index (κ1) is 28.8. The van der Waals surface area contributed by atoms with Crippen LogP contribution >= 0.6 is 0 Å². The number of nitrogens with zero attached hydrogens (tertiary/aromatic N) is 1. The standard InChI is InChI=1S/C28H33N3O6S2/c1-21-18-25(14-15-27(21)37-2)38(33,34)30-26(19-22-8-4-3-5-9-22)28(32)29-20-23-10-12-24(13-11-23)39(35,36)31-16-6-7-17-31/h3-5,8-15,18,26,30H,6-7,16-17,19-20H2,1-2H3,(H,29,32)/t26-/m1/s1. The van der Waals surface area contributed by atoms with Gasteiger partial charge in [0, 0.05) is 19.6 Å². The summed E-state index contributed by atoms with van der Waals surface area (Å²) < 4.78 is 61.2. The zero-order chi connectivity index (χ0) is 28.0. The number of ether oxygens (including phenoxy) is 1. The minimum absolute atomic E-state index is 0.0291. The smallest absolute Gasteiger partial charge is 0.243 e. The van der Waals surface area contributed by atoms with Gasteiger partial charge in [-0.25, -0.2) is 16.8 Å². The third-order valence-corrected chi connectivity index (χ3v) is 10.0. The quantitative estimate of drug-likeness (QED) is 0.365. The highest BCUT2D eigenvalue weighted by Gasteiger charge is 2.28. The minimum atomic E-state index is -4.02. The van der Waals surface area contributed by atoms with Crippen LogP contribution in [0.25, 0.3) is 0 Å². The Hall–Kier alpha value is -3.25. The van der Waals surface area contributed by atoms with E-state index in [-0.39, 0.29) is 22.8 Å². The van der Waals surface area contributed by atoms with Gasteiger partial charge in [-0.05, 0) is 73.2 Å². The summed E-state index contributed by atoms with van der Waals surface area (Å²) >= 11 is 0. The van der Waals surface area contributed by atoms with Crippen molar-refractivity contribution in [1.29, 1.82) is 0 Å². The van der Waals surface area contributed by atoms with Gasteiger partial charge in [0.1, 0.15) is 11.8 Å². The number of nitrogens with one attached hydrogen (secondary N) is 2. The number of hydrogen-bond acceptors (Lipinski definition) is 6. The van der Waals surface area contributed by atoms with Crippen molar-refractivity contribution in [2.75, 3.05) is 20.2 Å². The number of amides is 1. The molecule has 208 valence electrons. The van der Waals surface area contributed by atoms with Gasteiger partial charge >= 0.3 is 0 Å². The van der Waals surface area contributed by atoms with Crippen LogP contribution in [0.5, 0.6) is 5.75 Å². The van der Waals surface area contributed by atoms with E-state index < -0.39 is 32.0 Å². The molecule has 1 aliphatic heterocycles. The Balaban J connectivity index is 1.48. The van der Waals surface area contributed by atoms with Gasteiger partial charge < -0.3 is 10.1 Å². The fourth-order valence-corrected chi connectivity index (χ4v) is 7.28. The van der Waals surface area contributed by atoms with Crippen LogP contribution in [0.1, 0.15) is 29.5 Å². The van der Waals surface area contributed by atoms with E-state index >= 15 is 0 Å². The van der Waals surface area contributed by atoms with Crippen molar-refractivity contribution in [3.63, 3.8) is 0 Å². The van der Waals surface area contributed by atoms with Crippen LogP contribution in [0.4, 0.5) is 0 Å². The molecular formula is C28H33N3O6S2. The third-order valence-electron chi connectivity index (χ3n) is 6.67. The maximum absolute atomic E-state index is 13.2. The molecule has 39 heavy (non-hydrogen) atoms. The molecule has 0 radical (unpaired) electrons. The number of hydrogen-bond donors (Lipinski definition) is 2. The second-order valence-corrected chi connectivity index (χ2v) is 13.1. The van der Waals surface area contributed by atoms with Gasteiger partial charge in [0.05, 0.1) is 16.9 Å². The lowest BCUT2D eigenvalue weighted by Crippen LogP contribution is -2.47. The molecule has 1 fully saturated rings. The largest absolute Gasteiger partial charge is 0.496 e. The first-order chi connectivity index (χ1) is 18.6. The Bertz CT molecular complexity index is 1500. The van der Waals surface area contributed by atoms with E-state index in [1.54, 1.807) is 25.1 Å². The predicted molar refractivity (Wildman–Crippen MR) is 148 cm³/mol. The molecule has 11 heteroatoms. The van der Waals surface area contributed by atoms with Gasteiger partial charge in [-0.2, -0.15) is 9.03 Å². The van der Waals surface area contributed by atoms with E-state index in [0.29, 0.717) is 30.0 Å². The highest BCUT2D eigenvalue weighted by Crippen LogP contribution is 2.23. The van der Waals surface area contributed by atoms with E-state index in [4.69, 9.17) is 4.74 Å². The molecule has 0 aromatic heterocycles.